The molecule has 0 radical (unpaired) electrons. The number of amides is 1. The molecule has 25 heavy (non-hydrogen) atoms. The lowest BCUT2D eigenvalue weighted by Crippen LogP contribution is -2.28. The Morgan fingerprint density at radius 3 is 2.76 bits per heavy atom. The van der Waals surface area contributed by atoms with E-state index in [9.17, 15) is 14.0 Å². The molecule has 1 amide bonds. The zero-order valence-electron chi connectivity index (χ0n) is 14.5. The van der Waals surface area contributed by atoms with E-state index in [0.717, 1.165) is 36.1 Å². The summed E-state index contributed by atoms with van der Waals surface area (Å²) in [7, 11) is 1.34. The van der Waals surface area contributed by atoms with E-state index in [1.807, 2.05) is 0 Å². The number of carbonyl (C=O) groups is 2. The first kappa shape index (κ1) is 17.4. The molecule has 4 nitrogen and oxygen atoms in total. The minimum atomic E-state index is -0.408. The second kappa shape index (κ2) is 6.82. The van der Waals surface area contributed by atoms with Crippen molar-refractivity contribution in [1.82, 2.24) is 4.90 Å². The molecule has 0 saturated carbocycles. The number of hydrogen-bond acceptors (Lipinski definition) is 3. The van der Waals surface area contributed by atoms with Crippen molar-refractivity contribution in [3.05, 3.63) is 59.1 Å². The van der Waals surface area contributed by atoms with Crippen molar-refractivity contribution in [2.45, 2.75) is 39.2 Å². The Hall–Kier alpha value is -2.43. The van der Waals surface area contributed by atoms with Crippen LogP contribution in [0, 0.1) is 11.2 Å². The van der Waals surface area contributed by atoms with Crippen LogP contribution < -0.4 is 0 Å². The number of ether oxygens (including phenoxy) is 1. The summed E-state index contributed by atoms with van der Waals surface area (Å²) in [6.45, 7) is 2.52. The smallest absolute Gasteiger partial charge is 0.330 e. The second-order valence-corrected chi connectivity index (χ2v) is 6.93. The van der Waals surface area contributed by atoms with Crippen molar-refractivity contribution in [3.63, 3.8) is 0 Å². The standard InChI is InChI=1S/C20H22FNO3/c1-20-11-3-4-15(7-10-18(24)25-2)19(20)22(17(23)12-20)13-14-5-8-16(21)9-6-14/h5-10H,3-4,11-13H2,1-2H3. The monoisotopic (exact) mass is 343 g/mol. The number of hydrogen-bond donors (Lipinski definition) is 0. The Morgan fingerprint density at radius 2 is 2.08 bits per heavy atom. The number of fused-ring (bicyclic) bond motifs is 1. The molecule has 5 heteroatoms. The average Bonchev–Trinajstić information content (AvgIpc) is 2.85. The molecule has 1 aliphatic heterocycles. The molecule has 1 atom stereocenters. The predicted octanol–water partition coefficient (Wildman–Crippen LogP) is 3.73. The van der Waals surface area contributed by atoms with Crippen LogP contribution in [0.25, 0.3) is 0 Å². The van der Waals surface area contributed by atoms with E-state index in [0.29, 0.717) is 13.0 Å². The van der Waals surface area contributed by atoms with Crippen LogP contribution in [-0.2, 0) is 20.9 Å². The molecule has 0 bridgehead atoms. The zero-order valence-corrected chi connectivity index (χ0v) is 14.5. The summed E-state index contributed by atoms with van der Waals surface area (Å²) < 4.78 is 17.8. The third-order valence-corrected chi connectivity index (χ3v) is 5.04. The van der Waals surface area contributed by atoms with Gasteiger partial charge in [-0.05, 0) is 42.5 Å². The maximum atomic E-state index is 13.1. The number of allylic oxidation sites excluding steroid dienone is 3. The fourth-order valence-electron chi connectivity index (χ4n) is 3.86. The molecule has 1 saturated heterocycles. The van der Waals surface area contributed by atoms with Gasteiger partial charge < -0.3 is 9.64 Å². The Morgan fingerprint density at radius 1 is 1.36 bits per heavy atom. The van der Waals surface area contributed by atoms with Gasteiger partial charge in [0.15, 0.2) is 0 Å². The number of carbonyl (C=O) groups excluding carboxylic acids is 2. The van der Waals surface area contributed by atoms with Crippen LogP contribution in [0.3, 0.4) is 0 Å². The van der Waals surface area contributed by atoms with Crippen LogP contribution >= 0.6 is 0 Å². The number of likely N-dealkylation sites (tertiary alicyclic amines) is 1. The quantitative estimate of drug-likeness (QED) is 0.618. The molecule has 132 valence electrons. The number of benzene rings is 1. The second-order valence-electron chi connectivity index (χ2n) is 6.93. The molecule has 1 unspecified atom stereocenters. The maximum absolute atomic E-state index is 13.1. The van der Waals surface area contributed by atoms with Crippen LogP contribution in [0.2, 0.25) is 0 Å². The number of halogens is 1. The van der Waals surface area contributed by atoms with Crippen LogP contribution in [0.5, 0.6) is 0 Å². The molecule has 1 aromatic carbocycles. The molecule has 1 fully saturated rings. The Balaban J connectivity index is 1.96. The van der Waals surface area contributed by atoms with Gasteiger partial charge in [-0.25, -0.2) is 9.18 Å². The highest BCUT2D eigenvalue weighted by molar-refractivity contribution is 5.85. The summed E-state index contributed by atoms with van der Waals surface area (Å²) in [4.78, 5) is 25.9. The lowest BCUT2D eigenvalue weighted by molar-refractivity contribution is -0.134. The van der Waals surface area contributed by atoms with Gasteiger partial charge in [0.05, 0.1) is 13.7 Å². The maximum Gasteiger partial charge on any atom is 0.330 e. The molecule has 0 N–H and O–H groups in total. The molecule has 3 rings (SSSR count). The van der Waals surface area contributed by atoms with E-state index < -0.39 is 5.97 Å². The lowest BCUT2D eigenvalue weighted by Gasteiger charge is -2.34. The van der Waals surface area contributed by atoms with Crippen LogP contribution in [0.4, 0.5) is 4.39 Å². The summed E-state index contributed by atoms with van der Waals surface area (Å²) in [6, 6.07) is 6.21. The molecule has 1 aliphatic carbocycles. The van der Waals surface area contributed by atoms with E-state index in [1.54, 1.807) is 23.1 Å². The minimum absolute atomic E-state index is 0.0766. The molecular weight excluding hydrogens is 321 g/mol. The topological polar surface area (TPSA) is 46.6 Å². The van der Waals surface area contributed by atoms with Crippen LogP contribution in [0.1, 0.15) is 38.2 Å². The molecule has 0 aromatic heterocycles. The van der Waals surface area contributed by atoms with Crippen LogP contribution in [0.15, 0.2) is 47.7 Å². The zero-order chi connectivity index (χ0) is 18.0. The fraction of sp³-hybridized carbons (Fsp3) is 0.400. The normalized spacial score (nSPS) is 23.3. The van der Waals surface area contributed by atoms with Gasteiger partial charge in [-0.15, -0.1) is 0 Å². The summed E-state index contributed by atoms with van der Waals surface area (Å²) in [5.74, 6) is -0.623. The van der Waals surface area contributed by atoms with Crippen molar-refractivity contribution in [2.75, 3.05) is 7.11 Å². The third-order valence-electron chi connectivity index (χ3n) is 5.04. The molecule has 0 spiro atoms. The number of rotatable bonds is 4. The summed E-state index contributed by atoms with van der Waals surface area (Å²) >= 11 is 0. The highest BCUT2D eigenvalue weighted by atomic mass is 19.1. The fourth-order valence-corrected chi connectivity index (χ4v) is 3.86. The van der Waals surface area contributed by atoms with E-state index in [-0.39, 0.29) is 17.1 Å². The van der Waals surface area contributed by atoms with Gasteiger partial charge in [0.1, 0.15) is 5.82 Å². The Kier molecular flexibility index (Phi) is 4.75. The van der Waals surface area contributed by atoms with Crippen LogP contribution in [-0.4, -0.2) is 23.9 Å². The third kappa shape index (κ3) is 3.50. The molecule has 2 aliphatic rings. The van der Waals surface area contributed by atoms with E-state index >= 15 is 0 Å². The highest BCUT2D eigenvalue weighted by Crippen LogP contribution is 2.50. The average molecular weight is 343 g/mol. The minimum Gasteiger partial charge on any atom is -0.466 e. The lowest BCUT2D eigenvalue weighted by atomic mass is 9.74. The van der Waals surface area contributed by atoms with Gasteiger partial charge >= 0.3 is 5.97 Å². The van der Waals surface area contributed by atoms with Crippen molar-refractivity contribution >= 4 is 11.9 Å². The summed E-state index contributed by atoms with van der Waals surface area (Å²) in [5, 5.41) is 0. The Bertz CT molecular complexity index is 751. The Labute approximate surface area is 147 Å². The van der Waals surface area contributed by atoms with Gasteiger partial charge in [-0.3, -0.25) is 4.79 Å². The van der Waals surface area contributed by atoms with Gasteiger partial charge in [0, 0.05) is 23.6 Å². The highest BCUT2D eigenvalue weighted by Gasteiger charge is 2.46. The van der Waals surface area contributed by atoms with E-state index in [2.05, 4.69) is 11.7 Å². The summed E-state index contributed by atoms with van der Waals surface area (Å²) in [6.07, 6.45) is 6.41. The van der Waals surface area contributed by atoms with Crippen molar-refractivity contribution in [3.8, 4) is 0 Å². The first-order valence-electron chi connectivity index (χ1n) is 8.47. The molecule has 1 aromatic rings. The van der Waals surface area contributed by atoms with E-state index in [1.165, 1.54) is 25.3 Å². The largest absolute Gasteiger partial charge is 0.466 e. The van der Waals surface area contributed by atoms with Crippen molar-refractivity contribution in [1.29, 1.82) is 0 Å². The van der Waals surface area contributed by atoms with Gasteiger partial charge in [-0.1, -0.05) is 25.1 Å². The summed E-state index contributed by atoms with van der Waals surface area (Å²) in [5.41, 5.74) is 2.68. The van der Waals surface area contributed by atoms with Crippen molar-refractivity contribution < 1.29 is 18.7 Å². The number of nitrogens with zero attached hydrogens (tertiary/aromatic N) is 1. The van der Waals surface area contributed by atoms with E-state index in [4.69, 9.17) is 0 Å². The molecule has 1 heterocycles. The predicted molar refractivity (Wildman–Crippen MR) is 91.7 cm³/mol. The number of esters is 1. The molecular formula is C20H22FNO3. The first-order valence-corrected chi connectivity index (χ1v) is 8.47. The SMILES string of the molecule is COC(=O)C=CC1=C2N(Cc3ccc(F)cc3)C(=O)CC2(C)CCC1. The van der Waals surface area contributed by atoms with Gasteiger partial charge in [0.2, 0.25) is 5.91 Å². The van der Waals surface area contributed by atoms with Gasteiger partial charge in [0.25, 0.3) is 0 Å². The first-order chi connectivity index (χ1) is 11.9. The van der Waals surface area contributed by atoms with Crippen molar-refractivity contribution in [2.24, 2.45) is 5.41 Å². The number of methoxy groups -OCH3 is 1. The van der Waals surface area contributed by atoms with Gasteiger partial charge in [-0.2, -0.15) is 0 Å².